The number of hydrogen-bond donors (Lipinski definition) is 1. The van der Waals surface area contributed by atoms with Gasteiger partial charge in [0.15, 0.2) is 0 Å². The standard InChI is InChI=1S/C24H23F3N4O2/c25-24(26,27)22-8-3-5-18(29-22)16-31-14-2-1-7-21(31)23(32)30-17-9-11-19(12-10-17)33-20-6-4-13-28-15-20/h3-6,8-13,15,21H,1-2,7,14,16H2,(H,30,32)/t21-/m1/s1. The Labute approximate surface area is 189 Å². The number of alkyl halides is 3. The number of halogens is 3. The normalized spacial score (nSPS) is 16.9. The van der Waals surface area contributed by atoms with Gasteiger partial charge in [-0.1, -0.05) is 12.5 Å². The number of carbonyl (C=O) groups is 1. The van der Waals surface area contributed by atoms with Gasteiger partial charge in [0, 0.05) is 18.4 Å². The molecule has 0 spiro atoms. The minimum atomic E-state index is -4.50. The number of anilines is 1. The van der Waals surface area contributed by atoms with E-state index in [1.165, 1.54) is 6.07 Å². The molecule has 1 aromatic carbocycles. The number of hydrogen-bond acceptors (Lipinski definition) is 5. The van der Waals surface area contributed by atoms with Crippen LogP contribution < -0.4 is 10.1 Å². The summed E-state index contributed by atoms with van der Waals surface area (Å²) in [5, 5.41) is 2.91. The predicted molar refractivity (Wildman–Crippen MR) is 117 cm³/mol. The van der Waals surface area contributed by atoms with Crippen LogP contribution in [0.1, 0.15) is 30.7 Å². The second-order valence-corrected chi connectivity index (χ2v) is 7.80. The molecular weight excluding hydrogens is 433 g/mol. The van der Waals surface area contributed by atoms with Crippen LogP contribution in [0.25, 0.3) is 0 Å². The smallest absolute Gasteiger partial charge is 0.433 e. The molecule has 0 bridgehead atoms. The van der Waals surface area contributed by atoms with Crippen LogP contribution in [0.15, 0.2) is 67.0 Å². The van der Waals surface area contributed by atoms with Crippen LogP contribution in [0.2, 0.25) is 0 Å². The second-order valence-electron chi connectivity index (χ2n) is 7.80. The van der Waals surface area contributed by atoms with Crippen LogP contribution in [-0.2, 0) is 17.5 Å². The van der Waals surface area contributed by atoms with E-state index in [0.717, 1.165) is 18.9 Å². The first-order chi connectivity index (χ1) is 15.9. The predicted octanol–water partition coefficient (Wildman–Crippen LogP) is 5.28. The van der Waals surface area contributed by atoms with Crippen molar-refractivity contribution in [2.24, 2.45) is 0 Å². The monoisotopic (exact) mass is 456 g/mol. The maximum absolute atomic E-state index is 13.0. The number of rotatable bonds is 6. The SMILES string of the molecule is O=C(Nc1ccc(Oc2cccnc2)cc1)[C@H]1CCCCN1Cc1cccc(C(F)(F)F)n1. The number of ether oxygens (including phenoxy) is 1. The highest BCUT2D eigenvalue weighted by molar-refractivity contribution is 5.94. The van der Waals surface area contributed by atoms with E-state index in [4.69, 9.17) is 4.74 Å². The van der Waals surface area contributed by atoms with Crippen LogP contribution in [0.3, 0.4) is 0 Å². The number of likely N-dealkylation sites (tertiary alicyclic amines) is 1. The highest BCUT2D eigenvalue weighted by atomic mass is 19.4. The third kappa shape index (κ3) is 6.07. The minimum absolute atomic E-state index is 0.180. The molecule has 1 N–H and O–H groups in total. The Kier molecular flexibility index (Phi) is 6.88. The fourth-order valence-corrected chi connectivity index (χ4v) is 3.79. The Bertz CT molecular complexity index is 1080. The lowest BCUT2D eigenvalue weighted by Gasteiger charge is -2.34. The van der Waals surface area contributed by atoms with E-state index in [1.54, 1.807) is 54.9 Å². The van der Waals surface area contributed by atoms with Crippen LogP contribution in [0.5, 0.6) is 11.5 Å². The van der Waals surface area contributed by atoms with Gasteiger partial charge < -0.3 is 10.1 Å². The molecule has 0 radical (unpaired) electrons. The van der Waals surface area contributed by atoms with E-state index in [9.17, 15) is 18.0 Å². The molecule has 6 nitrogen and oxygen atoms in total. The van der Waals surface area contributed by atoms with E-state index < -0.39 is 17.9 Å². The van der Waals surface area contributed by atoms with Crippen molar-refractivity contribution >= 4 is 11.6 Å². The zero-order valence-electron chi connectivity index (χ0n) is 17.8. The van der Waals surface area contributed by atoms with Gasteiger partial charge in [0.25, 0.3) is 0 Å². The van der Waals surface area contributed by atoms with E-state index in [2.05, 4.69) is 15.3 Å². The third-order valence-corrected chi connectivity index (χ3v) is 5.37. The van der Waals surface area contributed by atoms with Gasteiger partial charge in [-0.25, -0.2) is 4.98 Å². The summed E-state index contributed by atoms with van der Waals surface area (Å²) < 4.78 is 44.7. The Morgan fingerprint density at radius 2 is 1.88 bits per heavy atom. The summed E-state index contributed by atoms with van der Waals surface area (Å²) in [5.41, 5.74) is -0.0192. The van der Waals surface area contributed by atoms with Crippen LogP contribution in [0, 0.1) is 0 Å². The molecule has 3 heterocycles. The maximum Gasteiger partial charge on any atom is 0.433 e. The summed E-state index contributed by atoms with van der Waals surface area (Å²) in [6.07, 6.45) is 1.15. The molecule has 172 valence electrons. The lowest BCUT2D eigenvalue weighted by molar-refractivity contribution is -0.141. The van der Waals surface area contributed by atoms with Gasteiger partial charge >= 0.3 is 6.18 Å². The van der Waals surface area contributed by atoms with Crippen LogP contribution in [-0.4, -0.2) is 33.4 Å². The zero-order valence-corrected chi connectivity index (χ0v) is 17.8. The summed E-state index contributed by atoms with van der Waals surface area (Å²) >= 11 is 0. The van der Waals surface area contributed by atoms with Crippen molar-refractivity contribution in [1.82, 2.24) is 14.9 Å². The topological polar surface area (TPSA) is 67.3 Å². The van der Waals surface area contributed by atoms with E-state index >= 15 is 0 Å². The van der Waals surface area contributed by atoms with Gasteiger partial charge in [-0.3, -0.25) is 14.7 Å². The Balaban J connectivity index is 1.40. The molecule has 0 unspecified atom stereocenters. The summed E-state index contributed by atoms with van der Waals surface area (Å²) in [4.78, 5) is 22.6. The van der Waals surface area contributed by atoms with Crippen molar-refractivity contribution < 1.29 is 22.7 Å². The highest BCUT2D eigenvalue weighted by Gasteiger charge is 2.33. The van der Waals surface area contributed by atoms with Crippen molar-refractivity contribution in [3.8, 4) is 11.5 Å². The number of carbonyl (C=O) groups excluding carboxylic acids is 1. The molecule has 1 saturated heterocycles. The lowest BCUT2D eigenvalue weighted by Crippen LogP contribution is -2.46. The zero-order chi connectivity index (χ0) is 23.3. The number of pyridine rings is 2. The molecule has 1 fully saturated rings. The average Bonchev–Trinajstić information content (AvgIpc) is 2.81. The molecule has 3 aromatic rings. The van der Waals surface area contributed by atoms with Crippen molar-refractivity contribution in [1.29, 1.82) is 0 Å². The third-order valence-electron chi connectivity index (χ3n) is 5.37. The summed E-state index contributed by atoms with van der Waals surface area (Å²) in [7, 11) is 0. The maximum atomic E-state index is 13.0. The van der Waals surface area contributed by atoms with E-state index in [-0.39, 0.29) is 12.5 Å². The van der Waals surface area contributed by atoms with Gasteiger partial charge in [-0.05, 0) is 67.9 Å². The average molecular weight is 456 g/mol. The molecule has 33 heavy (non-hydrogen) atoms. The molecule has 1 atom stereocenters. The number of amides is 1. The van der Waals surface area contributed by atoms with Crippen molar-refractivity contribution in [3.05, 3.63) is 78.4 Å². The van der Waals surface area contributed by atoms with Gasteiger partial charge in [-0.2, -0.15) is 13.2 Å². The molecule has 2 aromatic heterocycles. The van der Waals surface area contributed by atoms with Crippen molar-refractivity contribution in [2.75, 3.05) is 11.9 Å². The van der Waals surface area contributed by atoms with E-state index in [1.807, 2.05) is 4.90 Å². The molecule has 9 heteroatoms. The Morgan fingerprint density at radius 3 is 2.61 bits per heavy atom. The van der Waals surface area contributed by atoms with Gasteiger partial charge in [0.05, 0.1) is 17.9 Å². The largest absolute Gasteiger partial charge is 0.456 e. The van der Waals surface area contributed by atoms with Crippen LogP contribution >= 0.6 is 0 Å². The quantitative estimate of drug-likeness (QED) is 0.547. The summed E-state index contributed by atoms with van der Waals surface area (Å²) in [6, 6.07) is 13.9. The molecular formula is C24H23F3N4O2. The van der Waals surface area contributed by atoms with Gasteiger partial charge in [0.1, 0.15) is 17.2 Å². The van der Waals surface area contributed by atoms with Crippen LogP contribution in [0.4, 0.5) is 18.9 Å². The lowest BCUT2D eigenvalue weighted by atomic mass is 10.0. The molecule has 0 aliphatic carbocycles. The van der Waals surface area contributed by atoms with Crippen molar-refractivity contribution in [3.63, 3.8) is 0 Å². The van der Waals surface area contributed by atoms with E-state index in [0.29, 0.717) is 35.8 Å². The first-order valence-electron chi connectivity index (χ1n) is 10.6. The first kappa shape index (κ1) is 22.7. The van der Waals surface area contributed by atoms with Gasteiger partial charge in [-0.15, -0.1) is 0 Å². The Hall–Kier alpha value is -3.46. The Morgan fingerprint density at radius 1 is 1.06 bits per heavy atom. The highest BCUT2D eigenvalue weighted by Crippen LogP contribution is 2.28. The second kappa shape index (κ2) is 9.99. The number of piperidine rings is 1. The number of aromatic nitrogens is 2. The fraction of sp³-hybridized carbons (Fsp3) is 0.292. The molecule has 1 amide bonds. The molecule has 4 rings (SSSR count). The number of nitrogens with zero attached hydrogens (tertiary/aromatic N) is 3. The molecule has 1 aliphatic heterocycles. The minimum Gasteiger partial charge on any atom is -0.456 e. The first-order valence-corrected chi connectivity index (χ1v) is 10.6. The molecule has 1 aliphatic rings. The summed E-state index contributed by atoms with van der Waals surface area (Å²) in [5.74, 6) is 1.02. The molecule has 0 saturated carbocycles. The fourth-order valence-electron chi connectivity index (χ4n) is 3.79. The number of benzene rings is 1. The van der Waals surface area contributed by atoms with Gasteiger partial charge in [0.2, 0.25) is 5.91 Å². The number of nitrogens with one attached hydrogen (secondary N) is 1. The van der Waals surface area contributed by atoms with Crippen molar-refractivity contribution in [2.45, 2.75) is 38.0 Å². The summed E-state index contributed by atoms with van der Waals surface area (Å²) in [6.45, 7) is 0.799.